The normalized spacial score (nSPS) is 11.9. The molecule has 0 bridgehead atoms. The molecule has 158 valence electrons. The molecular formula is C21H24Cl2O6. The summed E-state index contributed by atoms with van der Waals surface area (Å²) in [6, 6.07) is 10.2. The number of halogens is 2. The van der Waals surface area contributed by atoms with Gasteiger partial charge in [-0.05, 0) is 49.7 Å². The Morgan fingerprint density at radius 3 is 2.24 bits per heavy atom. The van der Waals surface area contributed by atoms with Crippen LogP contribution in [-0.4, -0.2) is 43.6 Å². The molecule has 0 spiro atoms. The fourth-order valence-corrected chi connectivity index (χ4v) is 3.06. The third-order valence-corrected chi connectivity index (χ3v) is 4.38. The van der Waals surface area contributed by atoms with Gasteiger partial charge in [0.1, 0.15) is 19.0 Å². The number of benzene rings is 2. The molecule has 1 unspecified atom stereocenters. The Labute approximate surface area is 180 Å². The first-order chi connectivity index (χ1) is 13.8. The van der Waals surface area contributed by atoms with E-state index in [9.17, 15) is 9.90 Å². The van der Waals surface area contributed by atoms with E-state index in [2.05, 4.69) is 0 Å². The Kier molecular flexibility index (Phi) is 8.89. The molecule has 0 aliphatic heterocycles. The van der Waals surface area contributed by atoms with Crippen LogP contribution < -0.4 is 14.2 Å². The van der Waals surface area contributed by atoms with Crippen molar-refractivity contribution in [3.63, 3.8) is 0 Å². The Bertz CT molecular complexity index is 825. The third kappa shape index (κ3) is 7.31. The van der Waals surface area contributed by atoms with Gasteiger partial charge in [0.05, 0.1) is 18.2 Å². The molecule has 6 nitrogen and oxygen atoms in total. The van der Waals surface area contributed by atoms with Crippen molar-refractivity contribution in [3.8, 4) is 17.2 Å². The van der Waals surface area contributed by atoms with Crippen LogP contribution in [0.5, 0.6) is 17.2 Å². The van der Waals surface area contributed by atoms with Crippen LogP contribution in [0.25, 0.3) is 0 Å². The van der Waals surface area contributed by atoms with E-state index < -0.39 is 12.1 Å². The average Bonchev–Trinajstić information content (AvgIpc) is 2.66. The first-order valence-corrected chi connectivity index (χ1v) is 9.81. The maximum absolute atomic E-state index is 11.4. The molecule has 0 amide bonds. The van der Waals surface area contributed by atoms with Crippen molar-refractivity contribution in [2.45, 2.75) is 32.5 Å². The summed E-state index contributed by atoms with van der Waals surface area (Å²) in [6.07, 6.45) is -0.918. The minimum Gasteiger partial charge on any atom is -0.493 e. The molecule has 0 aromatic heterocycles. The first kappa shape index (κ1) is 23.1. The second kappa shape index (κ2) is 11.1. The summed E-state index contributed by atoms with van der Waals surface area (Å²) in [4.78, 5) is 11.4. The van der Waals surface area contributed by atoms with Gasteiger partial charge < -0.3 is 24.1 Å². The summed E-state index contributed by atoms with van der Waals surface area (Å²) < 4.78 is 22.2. The van der Waals surface area contributed by atoms with Gasteiger partial charge in [-0.25, -0.2) is 4.79 Å². The Hall–Kier alpha value is -2.15. The first-order valence-electron chi connectivity index (χ1n) is 9.06. The second-order valence-corrected chi connectivity index (χ2v) is 7.32. The predicted molar refractivity (Wildman–Crippen MR) is 112 cm³/mol. The van der Waals surface area contributed by atoms with E-state index in [0.29, 0.717) is 27.3 Å². The topological polar surface area (TPSA) is 74.2 Å². The van der Waals surface area contributed by atoms with Crippen LogP contribution in [0.15, 0.2) is 36.4 Å². The number of carboxylic acid groups (broad SMARTS) is 1. The highest BCUT2D eigenvalue weighted by molar-refractivity contribution is 6.35. The highest BCUT2D eigenvalue weighted by Crippen LogP contribution is 2.30. The van der Waals surface area contributed by atoms with Crippen LogP contribution in [0.2, 0.25) is 10.0 Å². The zero-order valence-electron chi connectivity index (χ0n) is 16.5. The number of methoxy groups -OCH3 is 1. The van der Waals surface area contributed by atoms with Crippen LogP contribution in [0.1, 0.15) is 19.4 Å². The van der Waals surface area contributed by atoms with Crippen LogP contribution in [0, 0.1) is 0 Å². The molecule has 0 radical (unpaired) electrons. The fraction of sp³-hybridized carbons (Fsp3) is 0.381. The molecule has 1 atom stereocenters. The minimum absolute atomic E-state index is 0.193. The Morgan fingerprint density at radius 1 is 1.00 bits per heavy atom. The average molecular weight is 443 g/mol. The van der Waals surface area contributed by atoms with Crippen LogP contribution in [0.4, 0.5) is 0 Å². The van der Waals surface area contributed by atoms with Gasteiger partial charge in [0, 0.05) is 11.4 Å². The van der Waals surface area contributed by atoms with E-state index in [4.69, 9.17) is 42.1 Å². The van der Waals surface area contributed by atoms with E-state index >= 15 is 0 Å². The lowest BCUT2D eigenvalue weighted by molar-refractivity contribution is -0.153. The third-order valence-electron chi connectivity index (χ3n) is 3.85. The predicted octanol–water partition coefficient (Wildman–Crippen LogP) is 4.88. The number of ether oxygens (including phenoxy) is 4. The van der Waals surface area contributed by atoms with Gasteiger partial charge in [-0.3, -0.25) is 0 Å². The van der Waals surface area contributed by atoms with Crippen molar-refractivity contribution in [1.82, 2.24) is 0 Å². The standard InChI is InChI=1S/C21H24Cl2O6/c1-13(2)29-20(21(24)25)11-14-4-6-18(26-3)19(10-14)28-9-8-27-17-7-5-15(22)12-16(17)23/h4-7,10,12-13,20H,8-9,11H2,1-3H3,(H,24,25). The number of rotatable bonds is 11. The Morgan fingerprint density at radius 2 is 1.66 bits per heavy atom. The lowest BCUT2D eigenvalue weighted by Crippen LogP contribution is -2.29. The van der Waals surface area contributed by atoms with Crippen molar-refractivity contribution >= 4 is 29.2 Å². The van der Waals surface area contributed by atoms with Gasteiger partial charge in [-0.2, -0.15) is 0 Å². The zero-order chi connectivity index (χ0) is 21.4. The lowest BCUT2D eigenvalue weighted by atomic mass is 10.1. The van der Waals surface area contributed by atoms with Gasteiger partial charge in [-0.1, -0.05) is 29.3 Å². The molecule has 1 N–H and O–H groups in total. The largest absolute Gasteiger partial charge is 0.493 e. The molecule has 29 heavy (non-hydrogen) atoms. The lowest BCUT2D eigenvalue weighted by Gasteiger charge is -2.18. The molecule has 0 saturated carbocycles. The number of carboxylic acids is 1. The van der Waals surface area contributed by atoms with Crippen LogP contribution in [0.3, 0.4) is 0 Å². The SMILES string of the molecule is COc1ccc(CC(OC(C)C)C(=O)O)cc1OCCOc1ccc(Cl)cc1Cl. The minimum atomic E-state index is -1.01. The molecule has 0 aliphatic carbocycles. The highest BCUT2D eigenvalue weighted by Gasteiger charge is 2.21. The van der Waals surface area contributed by atoms with Gasteiger partial charge in [-0.15, -0.1) is 0 Å². The molecule has 2 rings (SSSR count). The summed E-state index contributed by atoms with van der Waals surface area (Å²) in [5.41, 5.74) is 0.760. The second-order valence-electron chi connectivity index (χ2n) is 6.47. The van der Waals surface area contributed by atoms with Crippen molar-refractivity contribution in [3.05, 3.63) is 52.0 Å². The van der Waals surface area contributed by atoms with Crippen LogP contribution >= 0.6 is 23.2 Å². The van der Waals surface area contributed by atoms with Crippen molar-refractivity contribution in [2.24, 2.45) is 0 Å². The van der Waals surface area contributed by atoms with E-state index in [0.717, 1.165) is 5.56 Å². The van der Waals surface area contributed by atoms with E-state index in [1.807, 2.05) is 0 Å². The maximum Gasteiger partial charge on any atom is 0.333 e. The van der Waals surface area contributed by atoms with Gasteiger partial charge in [0.15, 0.2) is 17.6 Å². The smallest absolute Gasteiger partial charge is 0.333 e. The molecular weight excluding hydrogens is 419 g/mol. The summed E-state index contributed by atoms with van der Waals surface area (Å²) in [6.45, 7) is 4.09. The maximum atomic E-state index is 11.4. The van der Waals surface area contributed by atoms with Gasteiger partial charge in [0.25, 0.3) is 0 Å². The van der Waals surface area contributed by atoms with Gasteiger partial charge in [0.2, 0.25) is 0 Å². The fourth-order valence-electron chi connectivity index (χ4n) is 2.59. The molecule has 2 aromatic carbocycles. The molecule has 0 aliphatic rings. The zero-order valence-corrected chi connectivity index (χ0v) is 18.0. The summed E-state index contributed by atoms with van der Waals surface area (Å²) in [5, 5.41) is 10.3. The molecule has 2 aromatic rings. The molecule has 0 heterocycles. The number of hydrogen-bond donors (Lipinski definition) is 1. The summed E-state index contributed by atoms with van der Waals surface area (Å²) >= 11 is 11.9. The summed E-state index contributed by atoms with van der Waals surface area (Å²) in [7, 11) is 1.54. The molecule has 0 fully saturated rings. The van der Waals surface area contributed by atoms with E-state index in [1.165, 1.54) is 7.11 Å². The van der Waals surface area contributed by atoms with Crippen molar-refractivity contribution < 1.29 is 28.8 Å². The van der Waals surface area contributed by atoms with E-state index in [-0.39, 0.29) is 25.7 Å². The Balaban J connectivity index is 1.99. The number of carbonyl (C=O) groups is 1. The van der Waals surface area contributed by atoms with Crippen molar-refractivity contribution in [1.29, 1.82) is 0 Å². The highest BCUT2D eigenvalue weighted by atomic mass is 35.5. The van der Waals surface area contributed by atoms with Gasteiger partial charge >= 0.3 is 5.97 Å². The quantitative estimate of drug-likeness (QED) is 0.499. The number of aliphatic carboxylic acids is 1. The van der Waals surface area contributed by atoms with Crippen LogP contribution in [-0.2, 0) is 16.0 Å². The summed E-state index contributed by atoms with van der Waals surface area (Å²) in [5.74, 6) is 0.528. The molecule has 8 heteroatoms. The monoisotopic (exact) mass is 442 g/mol. The van der Waals surface area contributed by atoms with Crippen molar-refractivity contribution in [2.75, 3.05) is 20.3 Å². The number of hydrogen-bond acceptors (Lipinski definition) is 5. The van der Waals surface area contributed by atoms with E-state index in [1.54, 1.807) is 50.2 Å². The molecule has 0 saturated heterocycles.